The first-order valence-electron chi connectivity index (χ1n) is 8.35. The summed E-state index contributed by atoms with van der Waals surface area (Å²) in [6.07, 6.45) is 0. The highest BCUT2D eigenvalue weighted by Gasteiger charge is 2.48. The fourth-order valence-electron chi connectivity index (χ4n) is 2.98. The molecule has 3 nitrogen and oxygen atoms in total. The van der Waals surface area contributed by atoms with E-state index in [1.54, 1.807) is 4.90 Å². The van der Waals surface area contributed by atoms with E-state index in [4.69, 9.17) is 17.2 Å². The van der Waals surface area contributed by atoms with Gasteiger partial charge in [0.15, 0.2) is 5.66 Å². The Morgan fingerprint density at radius 3 is 2.04 bits per heavy atom. The van der Waals surface area contributed by atoms with Gasteiger partial charge in [0.25, 0.3) is 0 Å². The molecule has 0 saturated carbocycles. The summed E-state index contributed by atoms with van der Waals surface area (Å²) in [7, 11) is 0. The van der Waals surface area contributed by atoms with Crippen molar-refractivity contribution in [2.75, 3.05) is 0 Å². The minimum Gasteiger partial charge on any atom is -0.274 e. The van der Waals surface area contributed by atoms with Crippen LogP contribution in [-0.2, 0) is 10.5 Å². The van der Waals surface area contributed by atoms with Gasteiger partial charge in [-0.25, -0.2) is 4.99 Å². The topological polar surface area (TPSA) is 32.7 Å². The molecular formula is C21H22N2OS. The van der Waals surface area contributed by atoms with E-state index >= 15 is 0 Å². The van der Waals surface area contributed by atoms with Gasteiger partial charge >= 0.3 is 0 Å². The Morgan fingerprint density at radius 2 is 1.52 bits per heavy atom. The van der Waals surface area contributed by atoms with Gasteiger partial charge in [0.05, 0.1) is 0 Å². The van der Waals surface area contributed by atoms with Gasteiger partial charge in [-0.15, -0.1) is 0 Å². The maximum Gasteiger partial charge on any atom is 0.235 e. The first kappa shape index (κ1) is 17.5. The third-order valence-electron chi connectivity index (χ3n) is 4.38. The molecule has 0 N–H and O–H groups in total. The number of nitrogens with zero attached hydrogens (tertiary/aromatic N) is 2. The molecule has 2 aromatic carbocycles. The van der Waals surface area contributed by atoms with Crippen LogP contribution in [0.2, 0.25) is 0 Å². The Balaban J connectivity index is 2.18. The molecule has 4 heteroatoms. The molecule has 2 aromatic rings. The van der Waals surface area contributed by atoms with Gasteiger partial charge < -0.3 is 0 Å². The molecule has 0 fully saturated rings. The molecule has 0 spiro atoms. The maximum atomic E-state index is 13.2. The van der Waals surface area contributed by atoms with E-state index in [-0.39, 0.29) is 5.91 Å². The Morgan fingerprint density at radius 1 is 1.00 bits per heavy atom. The molecule has 3 rings (SSSR count). The molecule has 1 atom stereocenters. The van der Waals surface area contributed by atoms with Crippen LogP contribution in [-0.4, -0.2) is 21.5 Å². The monoisotopic (exact) mass is 350 g/mol. The highest BCUT2D eigenvalue weighted by molar-refractivity contribution is 7.82. The second-order valence-corrected chi connectivity index (χ2v) is 7.80. The Hall–Kier alpha value is -2.33. The van der Waals surface area contributed by atoms with Crippen molar-refractivity contribution in [3.63, 3.8) is 0 Å². The zero-order valence-electron chi connectivity index (χ0n) is 15.0. The molecule has 1 unspecified atom stereocenters. The van der Waals surface area contributed by atoms with Gasteiger partial charge in [-0.3, -0.25) is 9.69 Å². The highest BCUT2D eigenvalue weighted by Crippen LogP contribution is 2.39. The Kier molecular flexibility index (Phi) is 4.33. The molecule has 0 bridgehead atoms. The lowest BCUT2D eigenvalue weighted by molar-refractivity contribution is -0.139. The number of hydrogen-bond acceptors (Lipinski definition) is 3. The van der Waals surface area contributed by atoms with Crippen LogP contribution in [0.5, 0.6) is 0 Å². The fourth-order valence-corrected chi connectivity index (χ4v) is 3.40. The molecule has 0 radical (unpaired) electrons. The van der Waals surface area contributed by atoms with E-state index < -0.39 is 11.1 Å². The van der Waals surface area contributed by atoms with Gasteiger partial charge in [0.2, 0.25) is 5.91 Å². The van der Waals surface area contributed by atoms with E-state index in [2.05, 4.69) is 0 Å². The van der Waals surface area contributed by atoms with E-state index in [0.717, 1.165) is 11.1 Å². The van der Waals surface area contributed by atoms with Crippen LogP contribution >= 0.6 is 12.2 Å². The van der Waals surface area contributed by atoms with Crippen LogP contribution in [0.1, 0.15) is 38.8 Å². The lowest BCUT2D eigenvalue weighted by atomic mass is 9.91. The summed E-state index contributed by atoms with van der Waals surface area (Å²) in [5.41, 5.74) is 1.18. The number of thiocarbonyl (C=S) groups is 1. The first-order chi connectivity index (χ1) is 11.7. The molecular weight excluding hydrogens is 328 g/mol. The van der Waals surface area contributed by atoms with Crippen LogP contribution in [0.25, 0.3) is 0 Å². The summed E-state index contributed by atoms with van der Waals surface area (Å²) >= 11 is 5.71. The van der Waals surface area contributed by atoms with Crippen LogP contribution < -0.4 is 0 Å². The van der Waals surface area contributed by atoms with Gasteiger partial charge in [-0.2, -0.15) is 0 Å². The predicted molar refractivity (Wildman–Crippen MR) is 106 cm³/mol. The van der Waals surface area contributed by atoms with Gasteiger partial charge in [0.1, 0.15) is 10.7 Å². The minimum atomic E-state index is -0.839. The lowest BCUT2D eigenvalue weighted by Crippen LogP contribution is -2.50. The zero-order chi connectivity index (χ0) is 18.2. The molecule has 1 aliphatic rings. The lowest BCUT2D eigenvalue weighted by Gasteiger charge is -2.37. The zero-order valence-corrected chi connectivity index (χ0v) is 15.8. The van der Waals surface area contributed by atoms with Gasteiger partial charge in [-0.1, -0.05) is 93.7 Å². The number of benzene rings is 2. The SMILES string of the molecule is CC(C)(C)C(=O)N1C(=S)C(c2ccccc2)=NC1(C)c1ccccc1. The number of aliphatic imine (C=N–C) groups is 1. The van der Waals surface area contributed by atoms with E-state index in [9.17, 15) is 4.79 Å². The number of carbonyl (C=O) groups is 1. The molecule has 0 aromatic heterocycles. The summed E-state index contributed by atoms with van der Waals surface area (Å²) in [6.45, 7) is 7.67. The predicted octanol–water partition coefficient (Wildman–Crippen LogP) is 4.56. The van der Waals surface area contributed by atoms with Crippen molar-refractivity contribution < 1.29 is 4.79 Å². The van der Waals surface area contributed by atoms with Crippen molar-refractivity contribution in [1.29, 1.82) is 0 Å². The molecule has 1 aliphatic heterocycles. The average Bonchev–Trinajstić information content (AvgIpc) is 2.87. The third kappa shape index (κ3) is 3.02. The highest BCUT2D eigenvalue weighted by atomic mass is 32.1. The maximum absolute atomic E-state index is 13.2. The van der Waals surface area contributed by atoms with Gasteiger partial charge in [-0.05, 0) is 12.5 Å². The van der Waals surface area contributed by atoms with Crippen molar-refractivity contribution in [3.05, 3.63) is 71.8 Å². The van der Waals surface area contributed by atoms with Crippen LogP contribution in [0, 0.1) is 5.41 Å². The second kappa shape index (κ2) is 6.19. The second-order valence-electron chi connectivity index (χ2n) is 7.41. The van der Waals surface area contributed by atoms with E-state index in [0.29, 0.717) is 10.7 Å². The van der Waals surface area contributed by atoms with Crippen molar-refractivity contribution in [2.24, 2.45) is 10.4 Å². The van der Waals surface area contributed by atoms with E-state index in [1.165, 1.54) is 0 Å². The summed E-state index contributed by atoms with van der Waals surface area (Å²) in [4.78, 5) is 20.3. The van der Waals surface area contributed by atoms with Crippen molar-refractivity contribution in [1.82, 2.24) is 4.90 Å². The summed E-state index contributed by atoms with van der Waals surface area (Å²) in [5.74, 6) is -0.0291. The largest absolute Gasteiger partial charge is 0.274 e. The van der Waals surface area contributed by atoms with Crippen molar-refractivity contribution in [3.8, 4) is 0 Å². The van der Waals surface area contributed by atoms with Gasteiger partial charge in [0, 0.05) is 11.0 Å². The number of amides is 1. The minimum absolute atomic E-state index is 0.0291. The number of carbonyl (C=O) groups excluding carboxylic acids is 1. The number of hydrogen-bond donors (Lipinski definition) is 0. The Bertz CT molecular complexity index is 837. The molecule has 1 amide bonds. The molecule has 0 saturated heterocycles. The van der Waals surface area contributed by atoms with Crippen LogP contribution in [0.3, 0.4) is 0 Å². The quantitative estimate of drug-likeness (QED) is 0.744. The first-order valence-corrected chi connectivity index (χ1v) is 8.76. The van der Waals surface area contributed by atoms with Crippen molar-refractivity contribution in [2.45, 2.75) is 33.4 Å². The standard InChI is InChI=1S/C21H22N2OS/c1-20(2,3)19(24)23-18(25)17(15-11-7-5-8-12-15)22-21(23,4)16-13-9-6-10-14-16/h5-14H,1-4H3. The molecule has 0 aliphatic carbocycles. The molecule has 25 heavy (non-hydrogen) atoms. The molecule has 1 heterocycles. The third-order valence-corrected chi connectivity index (χ3v) is 4.76. The normalized spacial score (nSPS) is 20.6. The molecule has 128 valence electrons. The van der Waals surface area contributed by atoms with E-state index in [1.807, 2.05) is 88.4 Å². The summed E-state index contributed by atoms with van der Waals surface area (Å²) < 4.78 is 0. The Labute approximate surface area is 154 Å². The average molecular weight is 350 g/mol. The smallest absolute Gasteiger partial charge is 0.235 e. The van der Waals surface area contributed by atoms with Crippen LogP contribution in [0.4, 0.5) is 0 Å². The summed E-state index contributed by atoms with van der Waals surface area (Å²) in [6, 6.07) is 19.7. The summed E-state index contributed by atoms with van der Waals surface area (Å²) in [5, 5.41) is 0. The number of rotatable bonds is 2. The van der Waals surface area contributed by atoms with Crippen molar-refractivity contribution >= 4 is 28.8 Å². The fraction of sp³-hybridized carbons (Fsp3) is 0.286. The van der Waals surface area contributed by atoms with Crippen LogP contribution in [0.15, 0.2) is 65.7 Å².